The first-order valence-electron chi connectivity index (χ1n) is 7.95. The molecule has 1 aromatic carbocycles. The van der Waals surface area contributed by atoms with Crippen LogP contribution in [-0.2, 0) is 11.2 Å². The van der Waals surface area contributed by atoms with Crippen LogP contribution in [-0.4, -0.2) is 24.8 Å². The van der Waals surface area contributed by atoms with Crippen LogP contribution in [0.25, 0.3) is 0 Å². The molecule has 0 unspecified atom stereocenters. The van der Waals surface area contributed by atoms with Gasteiger partial charge in [0, 0.05) is 12.0 Å². The molecule has 124 valence electrons. The predicted molar refractivity (Wildman–Crippen MR) is 89.4 cm³/mol. The molecule has 0 fully saturated rings. The van der Waals surface area contributed by atoms with E-state index in [1.807, 2.05) is 45.0 Å². The zero-order valence-corrected chi connectivity index (χ0v) is 14.4. The Labute approximate surface area is 134 Å². The fourth-order valence-electron chi connectivity index (χ4n) is 2.18. The largest absolute Gasteiger partial charge is 0.497 e. The number of rotatable bonds is 7. The Balaban J connectivity index is 2.68. The second-order valence-electron chi connectivity index (χ2n) is 6.60. The van der Waals surface area contributed by atoms with E-state index in [9.17, 15) is 4.79 Å². The topological polar surface area (TPSA) is 47.6 Å². The zero-order valence-electron chi connectivity index (χ0n) is 14.4. The van der Waals surface area contributed by atoms with Gasteiger partial charge in [-0.2, -0.15) is 0 Å². The summed E-state index contributed by atoms with van der Waals surface area (Å²) in [5.41, 5.74) is 0.825. The van der Waals surface area contributed by atoms with E-state index in [-0.39, 0.29) is 17.7 Å². The van der Waals surface area contributed by atoms with Crippen LogP contribution in [0.2, 0.25) is 0 Å². The third-order valence-electron chi connectivity index (χ3n) is 3.23. The van der Waals surface area contributed by atoms with E-state index >= 15 is 0 Å². The highest BCUT2D eigenvalue weighted by atomic mass is 16.6. The standard InChI is InChI=1S/C18H29NO3/c1-6-7-10-16(22-17(20)19-18(2,3)4)13-14-9-8-11-15(12-14)21-5/h8-9,11-12,16H,6-7,10,13H2,1-5H3,(H,19,20)/t16-/m0/s1. The molecule has 0 aliphatic heterocycles. The third kappa shape index (κ3) is 7.34. The normalized spacial score (nSPS) is 12.6. The second-order valence-corrected chi connectivity index (χ2v) is 6.60. The second kappa shape index (κ2) is 8.66. The summed E-state index contributed by atoms with van der Waals surface area (Å²) in [5.74, 6) is 0.825. The number of amides is 1. The van der Waals surface area contributed by atoms with Gasteiger partial charge in [-0.3, -0.25) is 0 Å². The van der Waals surface area contributed by atoms with Crippen molar-refractivity contribution in [1.82, 2.24) is 5.32 Å². The molecule has 0 saturated heterocycles. The molecular formula is C18H29NO3. The van der Waals surface area contributed by atoms with Crippen molar-refractivity contribution in [3.63, 3.8) is 0 Å². The van der Waals surface area contributed by atoms with E-state index in [0.29, 0.717) is 6.42 Å². The van der Waals surface area contributed by atoms with Gasteiger partial charge in [-0.15, -0.1) is 0 Å². The number of carbonyl (C=O) groups is 1. The van der Waals surface area contributed by atoms with Crippen LogP contribution < -0.4 is 10.1 Å². The molecule has 1 N–H and O–H groups in total. The Morgan fingerprint density at radius 2 is 2.05 bits per heavy atom. The molecule has 0 saturated carbocycles. The van der Waals surface area contributed by atoms with Crippen molar-refractivity contribution in [3.8, 4) is 5.75 Å². The Morgan fingerprint density at radius 3 is 2.64 bits per heavy atom. The molecule has 0 aliphatic rings. The molecule has 0 spiro atoms. The average Bonchev–Trinajstić information content (AvgIpc) is 2.43. The summed E-state index contributed by atoms with van der Waals surface area (Å²) in [6.45, 7) is 7.96. The van der Waals surface area contributed by atoms with Crippen LogP contribution in [0.3, 0.4) is 0 Å². The van der Waals surface area contributed by atoms with Crippen molar-refractivity contribution in [1.29, 1.82) is 0 Å². The fraction of sp³-hybridized carbons (Fsp3) is 0.611. The van der Waals surface area contributed by atoms with Crippen molar-refractivity contribution in [3.05, 3.63) is 29.8 Å². The summed E-state index contributed by atoms with van der Waals surface area (Å²) in [6.07, 6.45) is 3.22. The minimum Gasteiger partial charge on any atom is -0.497 e. The van der Waals surface area contributed by atoms with Crippen molar-refractivity contribution in [2.24, 2.45) is 0 Å². The maximum atomic E-state index is 12.0. The number of carbonyl (C=O) groups excluding carboxylic acids is 1. The van der Waals surface area contributed by atoms with E-state index in [1.165, 1.54) is 0 Å². The molecule has 0 heterocycles. The number of benzene rings is 1. The van der Waals surface area contributed by atoms with Gasteiger partial charge in [0.05, 0.1) is 7.11 Å². The maximum Gasteiger partial charge on any atom is 0.407 e. The smallest absolute Gasteiger partial charge is 0.407 e. The van der Waals surface area contributed by atoms with Gasteiger partial charge in [-0.05, 0) is 44.9 Å². The van der Waals surface area contributed by atoms with Crippen LogP contribution in [0.4, 0.5) is 4.79 Å². The number of hydrogen-bond donors (Lipinski definition) is 1. The highest BCUT2D eigenvalue weighted by Gasteiger charge is 2.19. The Bertz CT molecular complexity index is 466. The molecular weight excluding hydrogens is 278 g/mol. The Kier molecular flexibility index (Phi) is 7.22. The SMILES string of the molecule is CCCC[C@@H](Cc1cccc(OC)c1)OC(=O)NC(C)(C)C. The third-order valence-corrected chi connectivity index (χ3v) is 3.23. The van der Waals surface area contributed by atoms with Gasteiger partial charge < -0.3 is 14.8 Å². The first-order chi connectivity index (χ1) is 10.3. The first-order valence-corrected chi connectivity index (χ1v) is 7.95. The molecule has 1 aromatic rings. The van der Waals surface area contributed by atoms with E-state index in [0.717, 1.165) is 30.6 Å². The molecule has 1 rings (SSSR count). The van der Waals surface area contributed by atoms with Crippen LogP contribution >= 0.6 is 0 Å². The predicted octanol–water partition coefficient (Wildman–Crippen LogP) is 4.32. The number of unbranched alkanes of at least 4 members (excludes halogenated alkanes) is 1. The first kappa shape index (κ1) is 18.3. The lowest BCUT2D eigenvalue weighted by atomic mass is 10.0. The van der Waals surface area contributed by atoms with Crippen molar-refractivity contribution in [2.45, 2.75) is 65.0 Å². The molecule has 0 aromatic heterocycles. The van der Waals surface area contributed by atoms with Crippen LogP contribution in [0.1, 0.15) is 52.5 Å². The summed E-state index contributed by atoms with van der Waals surface area (Å²) in [4.78, 5) is 12.0. The average molecular weight is 307 g/mol. The number of methoxy groups -OCH3 is 1. The summed E-state index contributed by atoms with van der Waals surface area (Å²) in [7, 11) is 1.65. The van der Waals surface area contributed by atoms with Gasteiger partial charge in [-0.1, -0.05) is 31.9 Å². The van der Waals surface area contributed by atoms with E-state index in [1.54, 1.807) is 7.11 Å². The molecule has 22 heavy (non-hydrogen) atoms. The summed E-state index contributed by atoms with van der Waals surface area (Å²) < 4.78 is 10.9. The summed E-state index contributed by atoms with van der Waals surface area (Å²) in [6, 6.07) is 7.90. The number of hydrogen-bond acceptors (Lipinski definition) is 3. The number of nitrogens with one attached hydrogen (secondary N) is 1. The van der Waals surface area contributed by atoms with Gasteiger partial charge in [0.1, 0.15) is 11.9 Å². The van der Waals surface area contributed by atoms with Crippen molar-refractivity contribution in [2.75, 3.05) is 7.11 Å². The quantitative estimate of drug-likeness (QED) is 0.816. The number of ether oxygens (including phenoxy) is 2. The van der Waals surface area contributed by atoms with E-state index in [2.05, 4.69) is 12.2 Å². The minimum absolute atomic E-state index is 0.116. The lowest BCUT2D eigenvalue weighted by Crippen LogP contribution is -2.42. The molecule has 4 nitrogen and oxygen atoms in total. The van der Waals surface area contributed by atoms with E-state index in [4.69, 9.17) is 9.47 Å². The molecule has 4 heteroatoms. The Hall–Kier alpha value is -1.71. The van der Waals surface area contributed by atoms with Crippen molar-refractivity contribution >= 4 is 6.09 Å². The molecule has 0 radical (unpaired) electrons. The Morgan fingerprint density at radius 1 is 1.32 bits per heavy atom. The minimum atomic E-state index is -0.350. The molecule has 1 atom stereocenters. The van der Waals surface area contributed by atoms with Gasteiger partial charge in [0.2, 0.25) is 0 Å². The lowest BCUT2D eigenvalue weighted by Gasteiger charge is -2.24. The number of alkyl carbamates (subject to hydrolysis) is 1. The highest BCUT2D eigenvalue weighted by molar-refractivity contribution is 5.68. The monoisotopic (exact) mass is 307 g/mol. The van der Waals surface area contributed by atoms with Gasteiger partial charge in [-0.25, -0.2) is 4.79 Å². The molecule has 0 bridgehead atoms. The van der Waals surface area contributed by atoms with Crippen LogP contribution in [0.15, 0.2) is 24.3 Å². The maximum absolute atomic E-state index is 12.0. The molecule has 1 amide bonds. The summed E-state index contributed by atoms with van der Waals surface area (Å²) >= 11 is 0. The van der Waals surface area contributed by atoms with E-state index < -0.39 is 0 Å². The summed E-state index contributed by atoms with van der Waals surface area (Å²) in [5, 5.41) is 2.85. The van der Waals surface area contributed by atoms with Gasteiger partial charge >= 0.3 is 6.09 Å². The fourth-order valence-corrected chi connectivity index (χ4v) is 2.18. The van der Waals surface area contributed by atoms with Crippen molar-refractivity contribution < 1.29 is 14.3 Å². The van der Waals surface area contributed by atoms with Gasteiger partial charge in [0.25, 0.3) is 0 Å². The highest BCUT2D eigenvalue weighted by Crippen LogP contribution is 2.17. The van der Waals surface area contributed by atoms with Crippen LogP contribution in [0, 0.1) is 0 Å². The van der Waals surface area contributed by atoms with Crippen LogP contribution in [0.5, 0.6) is 5.75 Å². The lowest BCUT2D eigenvalue weighted by molar-refractivity contribution is 0.0852. The van der Waals surface area contributed by atoms with Gasteiger partial charge in [0.15, 0.2) is 0 Å². The zero-order chi connectivity index (χ0) is 16.6. The molecule has 0 aliphatic carbocycles.